The van der Waals surface area contributed by atoms with Crippen LogP contribution >= 0.6 is 0 Å². The summed E-state index contributed by atoms with van der Waals surface area (Å²) < 4.78 is 19.0. The van der Waals surface area contributed by atoms with Gasteiger partial charge in [-0.2, -0.15) is 0 Å². The van der Waals surface area contributed by atoms with Crippen molar-refractivity contribution in [3.8, 4) is 5.75 Å². The third-order valence-corrected chi connectivity index (χ3v) is 4.62. The molecule has 1 aliphatic rings. The van der Waals surface area contributed by atoms with Crippen molar-refractivity contribution >= 4 is 0 Å². The van der Waals surface area contributed by atoms with Gasteiger partial charge in [0.05, 0.1) is 7.11 Å². The highest BCUT2D eigenvalue weighted by atomic mass is 19.1. The van der Waals surface area contributed by atoms with Crippen molar-refractivity contribution in [1.82, 2.24) is 5.32 Å². The van der Waals surface area contributed by atoms with Crippen molar-refractivity contribution in [1.29, 1.82) is 0 Å². The molecule has 1 atom stereocenters. The second-order valence-electron chi connectivity index (χ2n) is 5.70. The Morgan fingerprint density at radius 2 is 2.16 bits per heavy atom. The summed E-state index contributed by atoms with van der Waals surface area (Å²) in [6.07, 6.45) is 5.14. The predicted octanol–water partition coefficient (Wildman–Crippen LogP) is 4.07. The number of ether oxygens (including phenoxy) is 1. The molecule has 0 aromatic heterocycles. The van der Waals surface area contributed by atoms with Crippen LogP contribution in [0.15, 0.2) is 18.2 Å². The molecule has 0 bridgehead atoms. The van der Waals surface area contributed by atoms with Crippen LogP contribution in [0.1, 0.15) is 51.1 Å². The van der Waals surface area contributed by atoms with E-state index in [2.05, 4.69) is 12.2 Å². The molecule has 106 valence electrons. The molecule has 1 aliphatic carbocycles. The maximum atomic E-state index is 14.0. The first kappa shape index (κ1) is 14.3. The van der Waals surface area contributed by atoms with Crippen molar-refractivity contribution in [2.24, 2.45) is 5.41 Å². The standard InChI is InChI=1S/C16H24FNO/c1-4-16(8-5-9-16)11-18-12(2)14-7-6-13(19-3)10-15(14)17/h6-7,10,12,18H,4-5,8-9,11H2,1-3H3. The van der Waals surface area contributed by atoms with Crippen LogP contribution in [0.4, 0.5) is 4.39 Å². The van der Waals surface area contributed by atoms with Crippen LogP contribution in [0.2, 0.25) is 0 Å². The molecule has 1 aromatic rings. The zero-order chi connectivity index (χ0) is 13.9. The summed E-state index contributed by atoms with van der Waals surface area (Å²) in [5.41, 5.74) is 1.17. The number of halogens is 1. The fourth-order valence-corrected chi connectivity index (χ4v) is 2.80. The number of hydrogen-bond donors (Lipinski definition) is 1. The lowest BCUT2D eigenvalue weighted by Crippen LogP contribution is -2.40. The summed E-state index contributed by atoms with van der Waals surface area (Å²) >= 11 is 0. The van der Waals surface area contributed by atoms with E-state index in [1.54, 1.807) is 7.11 Å². The minimum Gasteiger partial charge on any atom is -0.497 e. The van der Waals surface area contributed by atoms with Gasteiger partial charge in [-0.05, 0) is 37.7 Å². The van der Waals surface area contributed by atoms with Gasteiger partial charge in [0, 0.05) is 24.2 Å². The van der Waals surface area contributed by atoms with Gasteiger partial charge < -0.3 is 10.1 Å². The summed E-state index contributed by atoms with van der Waals surface area (Å²) in [4.78, 5) is 0. The van der Waals surface area contributed by atoms with Crippen molar-refractivity contribution in [2.75, 3.05) is 13.7 Å². The maximum Gasteiger partial charge on any atom is 0.131 e. The molecule has 0 radical (unpaired) electrons. The highest BCUT2D eigenvalue weighted by Gasteiger charge is 2.35. The number of hydrogen-bond acceptors (Lipinski definition) is 2. The average Bonchev–Trinajstić information content (AvgIpc) is 2.37. The van der Waals surface area contributed by atoms with Gasteiger partial charge in [0.25, 0.3) is 0 Å². The fourth-order valence-electron chi connectivity index (χ4n) is 2.80. The van der Waals surface area contributed by atoms with E-state index in [0.29, 0.717) is 16.7 Å². The van der Waals surface area contributed by atoms with Gasteiger partial charge in [0.2, 0.25) is 0 Å². The van der Waals surface area contributed by atoms with E-state index in [4.69, 9.17) is 4.74 Å². The Kier molecular flexibility index (Phi) is 4.46. The molecule has 0 amide bonds. The Hall–Kier alpha value is -1.09. The molecule has 0 saturated heterocycles. The van der Waals surface area contributed by atoms with E-state index < -0.39 is 0 Å². The summed E-state index contributed by atoms with van der Waals surface area (Å²) in [5, 5.41) is 3.49. The van der Waals surface area contributed by atoms with Crippen LogP contribution in [0, 0.1) is 11.2 Å². The second kappa shape index (κ2) is 5.91. The van der Waals surface area contributed by atoms with Gasteiger partial charge in [-0.3, -0.25) is 0 Å². The smallest absolute Gasteiger partial charge is 0.131 e. The summed E-state index contributed by atoms with van der Waals surface area (Å²) in [5.74, 6) is 0.371. The third kappa shape index (κ3) is 3.08. The first-order chi connectivity index (χ1) is 9.10. The van der Waals surface area contributed by atoms with Gasteiger partial charge in [-0.15, -0.1) is 0 Å². The van der Waals surface area contributed by atoms with E-state index in [1.165, 1.54) is 31.7 Å². The third-order valence-electron chi connectivity index (χ3n) is 4.62. The number of rotatable bonds is 6. The molecule has 3 heteroatoms. The lowest BCUT2D eigenvalue weighted by molar-refractivity contribution is 0.120. The van der Waals surface area contributed by atoms with Crippen molar-refractivity contribution in [3.05, 3.63) is 29.6 Å². The van der Waals surface area contributed by atoms with Crippen LogP contribution in [0.25, 0.3) is 0 Å². The largest absolute Gasteiger partial charge is 0.497 e. The van der Waals surface area contributed by atoms with Crippen LogP contribution in [-0.2, 0) is 0 Å². The Bertz CT molecular complexity index is 423. The molecule has 1 fully saturated rings. The molecular formula is C16H24FNO. The molecule has 2 nitrogen and oxygen atoms in total. The molecule has 1 unspecified atom stereocenters. The van der Waals surface area contributed by atoms with E-state index in [9.17, 15) is 4.39 Å². The van der Waals surface area contributed by atoms with Crippen molar-refractivity contribution < 1.29 is 9.13 Å². The Labute approximate surface area is 115 Å². The molecule has 2 rings (SSSR count). The molecule has 0 heterocycles. The quantitative estimate of drug-likeness (QED) is 0.837. The molecule has 1 aromatic carbocycles. The first-order valence-electron chi connectivity index (χ1n) is 7.17. The number of nitrogens with one attached hydrogen (secondary N) is 1. The predicted molar refractivity (Wildman–Crippen MR) is 75.9 cm³/mol. The minimum atomic E-state index is -0.196. The van der Waals surface area contributed by atoms with Crippen LogP contribution in [-0.4, -0.2) is 13.7 Å². The van der Waals surface area contributed by atoms with Crippen LogP contribution in [0.5, 0.6) is 5.75 Å². The van der Waals surface area contributed by atoms with Crippen LogP contribution in [0.3, 0.4) is 0 Å². The maximum absolute atomic E-state index is 14.0. The van der Waals surface area contributed by atoms with Gasteiger partial charge in [0.1, 0.15) is 11.6 Å². The normalized spacial score (nSPS) is 18.7. The minimum absolute atomic E-state index is 0.0370. The van der Waals surface area contributed by atoms with Gasteiger partial charge in [-0.1, -0.05) is 19.4 Å². The van der Waals surface area contributed by atoms with E-state index in [0.717, 1.165) is 6.54 Å². The zero-order valence-electron chi connectivity index (χ0n) is 12.1. The monoisotopic (exact) mass is 265 g/mol. The zero-order valence-corrected chi connectivity index (χ0v) is 12.1. The molecule has 0 aliphatic heterocycles. The Morgan fingerprint density at radius 3 is 2.63 bits per heavy atom. The summed E-state index contributed by atoms with van der Waals surface area (Å²) in [6.45, 7) is 5.25. The first-order valence-corrected chi connectivity index (χ1v) is 7.17. The topological polar surface area (TPSA) is 21.3 Å². The fraction of sp³-hybridized carbons (Fsp3) is 0.625. The van der Waals surface area contributed by atoms with Gasteiger partial charge in [0.15, 0.2) is 0 Å². The van der Waals surface area contributed by atoms with E-state index in [1.807, 2.05) is 19.1 Å². The van der Waals surface area contributed by atoms with E-state index in [-0.39, 0.29) is 11.9 Å². The van der Waals surface area contributed by atoms with Gasteiger partial charge >= 0.3 is 0 Å². The molecule has 19 heavy (non-hydrogen) atoms. The highest BCUT2D eigenvalue weighted by molar-refractivity contribution is 5.30. The Balaban J connectivity index is 1.97. The molecule has 1 N–H and O–H groups in total. The van der Waals surface area contributed by atoms with E-state index >= 15 is 0 Å². The lowest BCUT2D eigenvalue weighted by Gasteiger charge is -2.42. The molecular weight excluding hydrogens is 241 g/mol. The van der Waals surface area contributed by atoms with Crippen molar-refractivity contribution in [3.63, 3.8) is 0 Å². The SMILES string of the molecule is CCC1(CNC(C)c2ccc(OC)cc2F)CCC1. The second-order valence-corrected chi connectivity index (χ2v) is 5.70. The summed E-state index contributed by atoms with van der Waals surface area (Å²) in [6, 6.07) is 5.11. The Morgan fingerprint density at radius 1 is 1.42 bits per heavy atom. The van der Waals surface area contributed by atoms with Crippen LogP contribution < -0.4 is 10.1 Å². The van der Waals surface area contributed by atoms with Gasteiger partial charge in [-0.25, -0.2) is 4.39 Å². The highest BCUT2D eigenvalue weighted by Crippen LogP contribution is 2.43. The molecule has 0 spiro atoms. The molecule has 1 saturated carbocycles. The lowest BCUT2D eigenvalue weighted by atomic mass is 9.67. The number of methoxy groups -OCH3 is 1. The average molecular weight is 265 g/mol. The van der Waals surface area contributed by atoms with Crippen molar-refractivity contribution in [2.45, 2.75) is 45.6 Å². The summed E-state index contributed by atoms with van der Waals surface area (Å²) in [7, 11) is 1.55. The number of benzene rings is 1.